The summed E-state index contributed by atoms with van der Waals surface area (Å²) >= 11 is 0. The van der Waals surface area contributed by atoms with Crippen molar-refractivity contribution in [3.8, 4) is 5.88 Å². The van der Waals surface area contributed by atoms with Gasteiger partial charge in [-0.3, -0.25) is 23.8 Å². The number of Topliss-reactive ketones (excluding diaryl/α,β-unsaturated/α-hetero) is 1. The number of aliphatic hydroxyl groups excluding tert-OH is 3. The molecule has 0 aliphatic carbocycles. The molecular weight excluding hydrogens is 344 g/mol. The summed E-state index contributed by atoms with van der Waals surface area (Å²) in [7, 11) is -2.05. The summed E-state index contributed by atoms with van der Waals surface area (Å²) in [5.74, 6) is -1.96. The van der Waals surface area contributed by atoms with E-state index in [1.807, 2.05) is 4.98 Å². The lowest BCUT2D eigenvalue weighted by Crippen LogP contribution is -2.38. The Morgan fingerprint density at radius 1 is 1.29 bits per heavy atom. The third-order valence-electron chi connectivity index (χ3n) is 3.09. The largest absolute Gasteiger partial charge is 0.475 e. The Morgan fingerprint density at radius 2 is 1.92 bits per heavy atom. The van der Waals surface area contributed by atoms with E-state index in [0.717, 1.165) is 0 Å². The standard InChI is InChI=1S/C13H20N2O8S/c1-6(3-16)9(19)8(18)4-23-12-10(24(22)5-7(2)17)11(20)14-13(21)15-12/h6,8-9,16,18-19H,3-5H2,1-2H3,(H2,14,15,20,21)/t6-,8+,9-,24?/m1/s1. The highest BCUT2D eigenvalue weighted by Crippen LogP contribution is 2.15. The van der Waals surface area contributed by atoms with Crippen LogP contribution in [0.15, 0.2) is 14.5 Å². The van der Waals surface area contributed by atoms with Crippen LogP contribution in [-0.2, 0) is 15.6 Å². The number of aliphatic hydroxyl groups is 3. The number of ether oxygens (including phenoxy) is 1. The Morgan fingerprint density at radius 3 is 2.46 bits per heavy atom. The van der Waals surface area contributed by atoms with Gasteiger partial charge in [0.2, 0.25) is 5.88 Å². The van der Waals surface area contributed by atoms with E-state index < -0.39 is 69.1 Å². The van der Waals surface area contributed by atoms with Crippen LogP contribution in [0.4, 0.5) is 0 Å². The molecule has 1 rings (SSSR count). The average molecular weight is 364 g/mol. The third kappa shape index (κ3) is 5.37. The highest BCUT2D eigenvalue weighted by molar-refractivity contribution is 7.85. The van der Waals surface area contributed by atoms with Crippen molar-refractivity contribution in [3.05, 3.63) is 20.8 Å². The molecule has 0 aliphatic heterocycles. The summed E-state index contributed by atoms with van der Waals surface area (Å²) in [5, 5.41) is 28.5. The molecule has 1 aromatic rings. The lowest BCUT2D eigenvalue weighted by atomic mass is 10.0. The maximum absolute atomic E-state index is 12.1. The normalized spacial score (nSPS) is 16.2. The molecule has 1 unspecified atom stereocenters. The summed E-state index contributed by atoms with van der Waals surface area (Å²) < 4.78 is 17.2. The van der Waals surface area contributed by atoms with Crippen LogP contribution in [0.5, 0.6) is 5.88 Å². The summed E-state index contributed by atoms with van der Waals surface area (Å²) in [4.78, 5) is 37.8. The number of nitrogens with one attached hydrogen (secondary N) is 2. The van der Waals surface area contributed by atoms with Gasteiger partial charge in [0.05, 0.1) is 22.7 Å². The van der Waals surface area contributed by atoms with Gasteiger partial charge in [0.15, 0.2) is 4.90 Å². The second-order valence-corrected chi connectivity index (χ2v) is 6.68. The number of aromatic amines is 2. The number of carbonyl (C=O) groups excluding carboxylic acids is 1. The van der Waals surface area contributed by atoms with Gasteiger partial charge in [0.1, 0.15) is 18.5 Å². The topological polar surface area (TPSA) is 170 Å². The third-order valence-corrected chi connectivity index (χ3v) is 4.59. The van der Waals surface area contributed by atoms with E-state index in [1.54, 1.807) is 0 Å². The van der Waals surface area contributed by atoms with Gasteiger partial charge in [-0.2, -0.15) is 0 Å². The van der Waals surface area contributed by atoms with E-state index in [9.17, 15) is 28.8 Å². The van der Waals surface area contributed by atoms with E-state index in [4.69, 9.17) is 9.84 Å². The van der Waals surface area contributed by atoms with Crippen LogP contribution in [0, 0.1) is 5.92 Å². The first-order chi connectivity index (χ1) is 11.2. The molecule has 0 saturated carbocycles. The van der Waals surface area contributed by atoms with Crippen molar-refractivity contribution >= 4 is 16.6 Å². The molecule has 4 atom stereocenters. The molecule has 11 heteroatoms. The molecule has 5 N–H and O–H groups in total. The van der Waals surface area contributed by atoms with E-state index in [2.05, 4.69) is 4.98 Å². The zero-order chi connectivity index (χ0) is 18.4. The Kier molecular flexibility index (Phi) is 7.48. The monoisotopic (exact) mass is 364 g/mol. The highest BCUT2D eigenvalue weighted by atomic mass is 32.2. The van der Waals surface area contributed by atoms with E-state index >= 15 is 0 Å². The Bertz CT molecular complexity index is 713. The zero-order valence-corrected chi connectivity index (χ0v) is 14.0. The maximum Gasteiger partial charge on any atom is 0.328 e. The number of hydrogen-bond donors (Lipinski definition) is 5. The van der Waals surface area contributed by atoms with Crippen LogP contribution >= 0.6 is 0 Å². The summed E-state index contributed by atoms with van der Waals surface area (Å²) in [6.07, 6.45) is -2.74. The quantitative estimate of drug-likeness (QED) is 0.320. The van der Waals surface area contributed by atoms with E-state index in [0.29, 0.717) is 0 Å². The lowest BCUT2D eigenvalue weighted by Gasteiger charge is -2.22. The van der Waals surface area contributed by atoms with Gasteiger partial charge in [-0.25, -0.2) is 4.79 Å². The van der Waals surface area contributed by atoms with Crippen LogP contribution in [0.1, 0.15) is 13.8 Å². The van der Waals surface area contributed by atoms with Gasteiger partial charge in [-0.05, 0) is 6.92 Å². The van der Waals surface area contributed by atoms with Crippen molar-refractivity contribution in [1.82, 2.24) is 9.97 Å². The van der Waals surface area contributed by atoms with Crippen LogP contribution < -0.4 is 16.0 Å². The first kappa shape index (κ1) is 20.2. The number of carbonyl (C=O) groups is 1. The SMILES string of the molecule is CC(=O)CS(=O)c1c(OC[C@H](O)[C@H](O)[C@H](C)CO)[nH]c(=O)[nH]c1=O. The van der Waals surface area contributed by atoms with Crippen molar-refractivity contribution in [3.63, 3.8) is 0 Å². The van der Waals surface area contributed by atoms with E-state index in [-0.39, 0.29) is 6.61 Å². The minimum absolute atomic E-state index is 0.367. The zero-order valence-electron chi connectivity index (χ0n) is 13.1. The summed E-state index contributed by atoms with van der Waals surface area (Å²) in [6, 6.07) is 0. The van der Waals surface area contributed by atoms with Crippen LogP contribution in [0.2, 0.25) is 0 Å². The van der Waals surface area contributed by atoms with Gasteiger partial charge < -0.3 is 20.1 Å². The molecule has 24 heavy (non-hydrogen) atoms. The van der Waals surface area contributed by atoms with Crippen molar-refractivity contribution in [2.45, 2.75) is 31.0 Å². The molecule has 0 aromatic carbocycles. The molecule has 10 nitrogen and oxygen atoms in total. The summed E-state index contributed by atoms with van der Waals surface area (Å²) in [6.45, 7) is 1.79. The molecule has 0 spiro atoms. The predicted molar refractivity (Wildman–Crippen MR) is 83.4 cm³/mol. The molecule has 1 heterocycles. The first-order valence-corrected chi connectivity index (χ1v) is 8.33. The molecule has 0 aliphatic rings. The Balaban J connectivity index is 3.02. The average Bonchev–Trinajstić information content (AvgIpc) is 2.49. The van der Waals surface area contributed by atoms with Crippen LogP contribution in [-0.4, -0.2) is 66.5 Å². The minimum Gasteiger partial charge on any atom is -0.475 e. The fourth-order valence-corrected chi connectivity index (χ4v) is 2.86. The fraction of sp³-hybridized carbons (Fsp3) is 0.615. The second kappa shape index (κ2) is 8.87. The highest BCUT2D eigenvalue weighted by Gasteiger charge is 2.25. The van der Waals surface area contributed by atoms with Crippen molar-refractivity contribution in [2.24, 2.45) is 5.92 Å². The smallest absolute Gasteiger partial charge is 0.328 e. The molecule has 0 amide bonds. The Labute approximate surface area is 139 Å². The number of aromatic nitrogens is 2. The molecule has 1 aromatic heterocycles. The lowest BCUT2D eigenvalue weighted by molar-refractivity contribution is -0.114. The number of rotatable bonds is 9. The van der Waals surface area contributed by atoms with Gasteiger partial charge in [-0.15, -0.1) is 0 Å². The van der Waals surface area contributed by atoms with Gasteiger partial charge in [-0.1, -0.05) is 6.92 Å². The van der Waals surface area contributed by atoms with Crippen LogP contribution in [0.25, 0.3) is 0 Å². The first-order valence-electron chi connectivity index (χ1n) is 7.01. The van der Waals surface area contributed by atoms with Crippen molar-refractivity contribution < 1.29 is 29.1 Å². The molecule has 136 valence electrons. The number of hydrogen-bond acceptors (Lipinski definition) is 8. The van der Waals surface area contributed by atoms with E-state index in [1.165, 1.54) is 13.8 Å². The molecule has 0 saturated heterocycles. The van der Waals surface area contributed by atoms with Crippen LogP contribution in [0.3, 0.4) is 0 Å². The number of ketones is 1. The van der Waals surface area contributed by atoms with Gasteiger partial charge in [0, 0.05) is 12.5 Å². The molecule has 0 fully saturated rings. The number of H-pyrrole nitrogens is 2. The molecule has 0 bridgehead atoms. The fourth-order valence-electron chi connectivity index (χ4n) is 1.77. The second-order valence-electron chi connectivity index (χ2n) is 5.29. The Hall–Kier alpha value is -1.82. The van der Waals surface area contributed by atoms with Gasteiger partial charge >= 0.3 is 5.69 Å². The maximum atomic E-state index is 12.1. The minimum atomic E-state index is -2.05. The molecule has 0 radical (unpaired) electrons. The van der Waals surface area contributed by atoms with Crippen molar-refractivity contribution in [2.75, 3.05) is 19.0 Å². The predicted octanol–water partition coefficient (Wildman–Crippen LogP) is -2.51. The summed E-state index contributed by atoms with van der Waals surface area (Å²) in [5.41, 5.74) is -1.90. The molecular formula is C13H20N2O8S. The van der Waals surface area contributed by atoms with Gasteiger partial charge in [0.25, 0.3) is 5.56 Å². The van der Waals surface area contributed by atoms with Crippen molar-refractivity contribution in [1.29, 1.82) is 0 Å².